The highest BCUT2D eigenvalue weighted by atomic mass is 32.1. The van der Waals surface area contributed by atoms with Crippen molar-refractivity contribution in [3.63, 3.8) is 0 Å². The largest absolute Gasteiger partial charge is 0.464 e. The van der Waals surface area contributed by atoms with Gasteiger partial charge in [0.05, 0.1) is 23.7 Å². The number of nitrogens with zero attached hydrogens (tertiary/aromatic N) is 1. The fourth-order valence-electron chi connectivity index (χ4n) is 3.59. The summed E-state index contributed by atoms with van der Waals surface area (Å²) in [6.45, 7) is 4.10. The van der Waals surface area contributed by atoms with Crippen molar-refractivity contribution in [1.82, 2.24) is 10.3 Å². The molecule has 1 aromatic heterocycles. The number of aryl methyl sites for hydroxylation is 1. The summed E-state index contributed by atoms with van der Waals surface area (Å²) < 4.78 is 5.24. The Morgan fingerprint density at radius 3 is 2.48 bits per heavy atom. The molecule has 1 aromatic carbocycles. The molecule has 144 valence electrons. The van der Waals surface area contributed by atoms with Crippen LogP contribution in [0.15, 0.2) is 29.6 Å². The number of esters is 1. The van der Waals surface area contributed by atoms with Gasteiger partial charge in [-0.25, -0.2) is 9.78 Å². The van der Waals surface area contributed by atoms with Crippen molar-refractivity contribution in [3.8, 4) is 11.3 Å². The van der Waals surface area contributed by atoms with Gasteiger partial charge in [-0.1, -0.05) is 43.5 Å². The van der Waals surface area contributed by atoms with Gasteiger partial charge >= 0.3 is 5.97 Å². The van der Waals surface area contributed by atoms with Crippen LogP contribution in [0.3, 0.4) is 0 Å². The summed E-state index contributed by atoms with van der Waals surface area (Å²) in [6.07, 6.45) is 4.51. The lowest BCUT2D eigenvalue weighted by molar-refractivity contribution is -0.155. The van der Waals surface area contributed by atoms with Crippen molar-refractivity contribution >= 4 is 23.2 Å². The Hall–Kier alpha value is -2.21. The van der Waals surface area contributed by atoms with Gasteiger partial charge in [-0.2, -0.15) is 0 Å². The van der Waals surface area contributed by atoms with Gasteiger partial charge in [-0.05, 0) is 32.3 Å². The normalized spacial score (nSPS) is 15.9. The van der Waals surface area contributed by atoms with Gasteiger partial charge in [-0.3, -0.25) is 4.79 Å². The van der Waals surface area contributed by atoms with Gasteiger partial charge in [0.2, 0.25) is 5.91 Å². The number of hydrogen-bond donors (Lipinski definition) is 1. The Bertz CT molecular complexity index is 792. The molecule has 0 radical (unpaired) electrons. The summed E-state index contributed by atoms with van der Waals surface area (Å²) >= 11 is 1.62. The molecule has 27 heavy (non-hydrogen) atoms. The molecule has 6 heteroatoms. The van der Waals surface area contributed by atoms with E-state index in [1.165, 1.54) is 0 Å². The Morgan fingerprint density at radius 1 is 1.19 bits per heavy atom. The topological polar surface area (TPSA) is 68.3 Å². The molecule has 1 fully saturated rings. The van der Waals surface area contributed by atoms with Crippen LogP contribution in [0.2, 0.25) is 0 Å². The first-order valence-electron chi connectivity index (χ1n) is 9.52. The number of carbonyl (C=O) groups is 2. The first kappa shape index (κ1) is 19.5. The number of hydrogen-bond acceptors (Lipinski definition) is 5. The molecular formula is C21H26N2O3S. The minimum Gasteiger partial charge on any atom is -0.464 e. The quantitative estimate of drug-likeness (QED) is 0.761. The molecule has 1 N–H and O–H groups in total. The molecule has 3 rings (SSSR count). The highest BCUT2D eigenvalue weighted by Gasteiger charge is 2.42. The molecule has 1 saturated carbocycles. The van der Waals surface area contributed by atoms with E-state index in [4.69, 9.17) is 4.74 Å². The van der Waals surface area contributed by atoms with Gasteiger partial charge in [0.15, 0.2) is 0 Å². The van der Waals surface area contributed by atoms with Gasteiger partial charge in [0.25, 0.3) is 0 Å². The molecule has 5 nitrogen and oxygen atoms in total. The van der Waals surface area contributed by atoms with E-state index in [0.717, 1.165) is 41.1 Å². The van der Waals surface area contributed by atoms with E-state index in [9.17, 15) is 9.59 Å². The van der Waals surface area contributed by atoms with Crippen LogP contribution in [0.25, 0.3) is 11.3 Å². The zero-order valence-corrected chi connectivity index (χ0v) is 16.7. The average molecular weight is 387 g/mol. The lowest BCUT2D eigenvalue weighted by atomic mass is 9.81. The van der Waals surface area contributed by atoms with E-state index < -0.39 is 5.54 Å². The van der Waals surface area contributed by atoms with E-state index in [2.05, 4.69) is 10.3 Å². The number of carbonyl (C=O) groups excluding carboxylic acids is 2. The molecule has 0 bridgehead atoms. The molecule has 0 aliphatic heterocycles. The van der Waals surface area contributed by atoms with E-state index in [0.29, 0.717) is 19.4 Å². The molecule has 1 aliphatic rings. The van der Waals surface area contributed by atoms with E-state index >= 15 is 0 Å². The predicted molar refractivity (Wildman–Crippen MR) is 107 cm³/mol. The van der Waals surface area contributed by atoms with E-state index in [1.807, 2.05) is 36.6 Å². The van der Waals surface area contributed by atoms with Crippen molar-refractivity contribution in [2.24, 2.45) is 0 Å². The molecular weight excluding hydrogens is 360 g/mol. The second-order valence-electron chi connectivity index (χ2n) is 7.04. The van der Waals surface area contributed by atoms with E-state index in [1.54, 1.807) is 18.3 Å². The Kier molecular flexibility index (Phi) is 6.26. The van der Waals surface area contributed by atoms with Crippen molar-refractivity contribution in [2.75, 3.05) is 6.61 Å². The third kappa shape index (κ3) is 4.75. The third-order valence-corrected chi connectivity index (χ3v) is 5.76. The summed E-state index contributed by atoms with van der Waals surface area (Å²) in [7, 11) is 0. The average Bonchev–Trinajstić information content (AvgIpc) is 3.09. The van der Waals surface area contributed by atoms with Crippen LogP contribution in [0.4, 0.5) is 0 Å². The van der Waals surface area contributed by atoms with Crippen LogP contribution in [0.1, 0.15) is 49.6 Å². The van der Waals surface area contributed by atoms with Crippen molar-refractivity contribution in [3.05, 3.63) is 40.2 Å². The fourth-order valence-corrected chi connectivity index (χ4v) is 4.21. The monoisotopic (exact) mass is 386 g/mol. The molecule has 0 atom stereocenters. The molecule has 0 saturated heterocycles. The number of aromatic nitrogens is 1. The van der Waals surface area contributed by atoms with Crippen LogP contribution in [0.5, 0.6) is 0 Å². The summed E-state index contributed by atoms with van der Waals surface area (Å²) in [4.78, 5) is 29.6. The lowest BCUT2D eigenvalue weighted by Crippen LogP contribution is -2.56. The van der Waals surface area contributed by atoms with Crippen LogP contribution in [0, 0.1) is 6.92 Å². The van der Waals surface area contributed by atoms with Gasteiger partial charge in [-0.15, -0.1) is 11.3 Å². The van der Waals surface area contributed by atoms with Gasteiger partial charge < -0.3 is 10.1 Å². The predicted octanol–water partition coefficient (Wildman–Crippen LogP) is 4.04. The zero-order chi connectivity index (χ0) is 19.3. The second-order valence-corrected chi connectivity index (χ2v) is 8.10. The number of nitrogens with one attached hydrogen (secondary N) is 1. The Balaban J connectivity index is 1.66. The van der Waals surface area contributed by atoms with Crippen LogP contribution in [-0.4, -0.2) is 29.0 Å². The number of benzene rings is 1. The van der Waals surface area contributed by atoms with Crippen LogP contribution >= 0.6 is 11.3 Å². The maximum Gasteiger partial charge on any atom is 0.331 e. The first-order chi connectivity index (χ1) is 13.0. The maximum absolute atomic E-state index is 12.6. The van der Waals surface area contributed by atoms with Crippen LogP contribution < -0.4 is 5.32 Å². The summed E-state index contributed by atoms with van der Waals surface area (Å²) in [6, 6.07) is 7.86. The first-order valence-corrected chi connectivity index (χ1v) is 10.4. The fraction of sp³-hybridized carbons (Fsp3) is 0.476. The van der Waals surface area contributed by atoms with Crippen LogP contribution in [-0.2, 0) is 20.7 Å². The Labute approximate surface area is 164 Å². The molecule has 2 aromatic rings. The van der Waals surface area contributed by atoms with Crippen molar-refractivity contribution in [2.45, 2.75) is 57.9 Å². The zero-order valence-electron chi connectivity index (χ0n) is 15.9. The van der Waals surface area contributed by atoms with Gasteiger partial charge in [0.1, 0.15) is 5.54 Å². The highest BCUT2D eigenvalue weighted by molar-refractivity contribution is 7.09. The number of ether oxygens (including phenoxy) is 1. The maximum atomic E-state index is 12.6. The van der Waals surface area contributed by atoms with Gasteiger partial charge in [0, 0.05) is 10.9 Å². The van der Waals surface area contributed by atoms with Crippen molar-refractivity contribution in [1.29, 1.82) is 0 Å². The standard InChI is InChI=1S/C21H26N2O3S/c1-3-26-20(25)21(11-5-4-6-12-21)23-19(24)13-16-7-9-17(10-8-16)18-14-27-15(2)22-18/h7-10,14H,3-6,11-13H2,1-2H3,(H,23,24). The summed E-state index contributed by atoms with van der Waals surface area (Å²) in [5, 5.41) is 6.05. The SMILES string of the molecule is CCOC(=O)C1(NC(=O)Cc2ccc(-c3csc(C)n3)cc2)CCCCC1. The van der Waals surface area contributed by atoms with E-state index in [-0.39, 0.29) is 18.3 Å². The molecule has 0 unspecified atom stereocenters. The summed E-state index contributed by atoms with van der Waals surface area (Å²) in [5.41, 5.74) is 2.05. The highest BCUT2D eigenvalue weighted by Crippen LogP contribution is 2.30. The molecule has 1 aliphatic carbocycles. The second kappa shape index (κ2) is 8.65. The minimum absolute atomic E-state index is 0.137. The smallest absolute Gasteiger partial charge is 0.331 e. The third-order valence-electron chi connectivity index (χ3n) is 4.99. The number of amides is 1. The summed E-state index contributed by atoms with van der Waals surface area (Å²) in [5.74, 6) is -0.436. The number of thiazole rings is 1. The van der Waals surface area contributed by atoms with Crippen molar-refractivity contribution < 1.29 is 14.3 Å². The molecule has 1 heterocycles. The lowest BCUT2D eigenvalue weighted by Gasteiger charge is -2.35. The molecule has 0 spiro atoms. The minimum atomic E-state index is -0.858. The number of rotatable bonds is 6. The molecule has 1 amide bonds. The Morgan fingerprint density at radius 2 is 1.89 bits per heavy atom.